The maximum absolute atomic E-state index is 13.6. The first-order chi connectivity index (χ1) is 23.0. The first-order valence-electron chi connectivity index (χ1n) is 15.7. The summed E-state index contributed by atoms with van der Waals surface area (Å²) < 4.78 is 42.9. The number of rotatable bonds is 14. The molecule has 0 bridgehead atoms. The molecule has 13 heteroatoms. The Hall–Kier alpha value is -3.93. The van der Waals surface area contributed by atoms with E-state index in [9.17, 15) is 23.2 Å². The molecule has 1 amide bonds. The molecule has 2 fully saturated rings. The highest BCUT2D eigenvalue weighted by atomic mass is 35.5. The van der Waals surface area contributed by atoms with Crippen molar-refractivity contribution in [2.45, 2.75) is 38.9 Å². The molecule has 2 aromatic rings. The fourth-order valence-corrected chi connectivity index (χ4v) is 5.97. The highest BCUT2D eigenvalue weighted by Gasteiger charge is 2.38. The van der Waals surface area contributed by atoms with Crippen molar-refractivity contribution in [3.8, 4) is 11.5 Å². The van der Waals surface area contributed by atoms with Crippen LogP contribution in [-0.4, -0.2) is 75.5 Å². The molecule has 1 atom stereocenters. The normalized spacial score (nSPS) is 18.1. The molecule has 1 aliphatic carbocycles. The van der Waals surface area contributed by atoms with E-state index in [1.54, 1.807) is 31.2 Å². The van der Waals surface area contributed by atoms with E-state index in [1.165, 1.54) is 24.3 Å². The second kappa shape index (κ2) is 15.5. The van der Waals surface area contributed by atoms with Gasteiger partial charge in [-0.05, 0) is 74.2 Å². The number of anilines is 2. The zero-order chi connectivity index (χ0) is 34.5. The second-order valence-corrected chi connectivity index (χ2v) is 12.7. The summed E-state index contributed by atoms with van der Waals surface area (Å²) in [4.78, 5) is 45.1. The number of fused-ring (bicyclic) bond motifs is 1. The number of allylic oxidation sites excluding steroid dienone is 4. The van der Waals surface area contributed by atoms with E-state index in [1.807, 2.05) is 7.05 Å². The second-order valence-electron chi connectivity index (χ2n) is 11.9. The topological polar surface area (TPSA) is 88.6 Å². The van der Waals surface area contributed by atoms with Gasteiger partial charge in [-0.1, -0.05) is 48.0 Å². The number of ether oxygens (including phenoxy) is 3. The summed E-state index contributed by atoms with van der Waals surface area (Å²) in [6.07, 6.45) is 3.86. The minimum absolute atomic E-state index is 0.0338. The molecule has 3 aliphatic rings. The van der Waals surface area contributed by atoms with Crippen molar-refractivity contribution in [2.75, 3.05) is 56.2 Å². The molecular weight excluding hydrogens is 667 g/mol. The van der Waals surface area contributed by atoms with Crippen LogP contribution in [0.1, 0.15) is 48.2 Å². The van der Waals surface area contributed by atoms with Gasteiger partial charge in [0.05, 0.1) is 17.9 Å². The summed E-state index contributed by atoms with van der Waals surface area (Å²) in [5.74, 6) is -2.17. The number of carbonyl (C=O) groups is 3. The Kier molecular flexibility index (Phi) is 11.4. The third-order valence-corrected chi connectivity index (χ3v) is 9.34. The smallest absolute Gasteiger partial charge is 0.387 e. The number of ketones is 1. The Morgan fingerprint density at radius 2 is 1.79 bits per heavy atom. The van der Waals surface area contributed by atoms with Gasteiger partial charge in [-0.15, -0.1) is 0 Å². The van der Waals surface area contributed by atoms with Gasteiger partial charge in [0.25, 0.3) is 11.7 Å². The molecule has 9 nitrogen and oxygen atoms in total. The van der Waals surface area contributed by atoms with Crippen LogP contribution >= 0.6 is 23.2 Å². The molecule has 0 unspecified atom stereocenters. The number of amides is 1. The standard InChI is InChI=1S/C35H37Cl2F2N3O6/c1-4-26(36)25(27(37)5-2)18-30(22-8-11-29(48-35(38)39)31(16-22)46-20-21-6-7-21)47-32(43)19-42-28-17-23(41-14-12-40(3)13-15-41)9-10-24(28)33(44)34(42)45/h4-5,8-11,16-17,21,30,35H,1,6-7,12-15,18-20H2,2-3H3/b26-25+,27-5+/t30-/m0/s1. The lowest BCUT2D eigenvalue weighted by Gasteiger charge is -2.34. The maximum atomic E-state index is 13.6. The van der Waals surface area contributed by atoms with Crippen molar-refractivity contribution >= 4 is 52.2 Å². The number of hydrogen-bond donors (Lipinski definition) is 0. The fraction of sp³-hybridized carbons (Fsp3) is 0.400. The molecule has 0 aromatic heterocycles. The number of hydrogen-bond acceptors (Lipinski definition) is 8. The van der Waals surface area contributed by atoms with Crippen LogP contribution in [0.4, 0.5) is 20.2 Å². The van der Waals surface area contributed by atoms with Crippen molar-refractivity contribution < 1.29 is 37.4 Å². The number of halogens is 4. The molecule has 2 aromatic carbocycles. The van der Waals surface area contributed by atoms with Gasteiger partial charge in [0.2, 0.25) is 0 Å². The van der Waals surface area contributed by atoms with Crippen molar-refractivity contribution in [1.82, 2.24) is 4.90 Å². The van der Waals surface area contributed by atoms with Crippen LogP contribution in [0.25, 0.3) is 0 Å². The first-order valence-corrected chi connectivity index (χ1v) is 16.4. The van der Waals surface area contributed by atoms with Crippen molar-refractivity contribution in [3.05, 3.63) is 81.9 Å². The Morgan fingerprint density at radius 3 is 2.44 bits per heavy atom. The van der Waals surface area contributed by atoms with Crippen LogP contribution in [0, 0.1) is 5.92 Å². The lowest BCUT2D eigenvalue weighted by Crippen LogP contribution is -2.44. The third-order valence-electron chi connectivity index (χ3n) is 8.51. The van der Waals surface area contributed by atoms with E-state index in [0.717, 1.165) is 49.6 Å². The summed E-state index contributed by atoms with van der Waals surface area (Å²) in [5, 5.41) is 0.502. The molecule has 1 saturated carbocycles. The summed E-state index contributed by atoms with van der Waals surface area (Å²) in [6, 6.07) is 9.43. The van der Waals surface area contributed by atoms with Gasteiger partial charge < -0.3 is 24.0 Å². The molecule has 48 heavy (non-hydrogen) atoms. The van der Waals surface area contributed by atoms with E-state index in [4.69, 9.17) is 32.7 Å². The van der Waals surface area contributed by atoms with Gasteiger partial charge in [0, 0.05) is 48.4 Å². The van der Waals surface area contributed by atoms with E-state index in [2.05, 4.69) is 21.1 Å². The number of esters is 1. The van der Waals surface area contributed by atoms with Crippen LogP contribution in [0.3, 0.4) is 0 Å². The van der Waals surface area contributed by atoms with Crippen LogP contribution < -0.4 is 19.3 Å². The van der Waals surface area contributed by atoms with Crippen molar-refractivity contribution in [2.24, 2.45) is 5.92 Å². The molecule has 0 radical (unpaired) electrons. The lowest BCUT2D eigenvalue weighted by molar-refractivity contribution is -0.148. The van der Waals surface area contributed by atoms with Crippen LogP contribution in [-0.2, 0) is 14.3 Å². The van der Waals surface area contributed by atoms with Crippen LogP contribution in [0.2, 0.25) is 0 Å². The Morgan fingerprint density at radius 1 is 1.06 bits per heavy atom. The first kappa shape index (κ1) is 35.4. The summed E-state index contributed by atoms with van der Waals surface area (Å²) >= 11 is 13.0. The zero-order valence-electron chi connectivity index (χ0n) is 26.7. The van der Waals surface area contributed by atoms with Gasteiger partial charge in [0.1, 0.15) is 12.6 Å². The Bertz CT molecular complexity index is 1640. The van der Waals surface area contributed by atoms with Gasteiger partial charge >= 0.3 is 12.6 Å². The van der Waals surface area contributed by atoms with E-state index >= 15 is 0 Å². The van der Waals surface area contributed by atoms with E-state index in [0.29, 0.717) is 29.3 Å². The van der Waals surface area contributed by atoms with Gasteiger partial charge in [-0.2, -0.15) is 8.78 Å². The number of piperazine rings is 1. The highest BCUT2D eigenvalue weighted by Crippen LogP contribution is 2.40. The number of Topliss-reactive ketones (excluding diaryl/α,β-unsaturated/α-hetero) is 1. The highest BCUT2D eigenvalue weighted by molar-refractivity contribution is 6.52. The van der Waals surface area contributed by atoms with Gasteiger partial charge in [-0.3, -0.25) is 19.3 Å². The molecule has 0 spiro atoms. The fourth-order valence-electron chi connectivity index (χ4n) is 5.57. The predicted molar refractivity (Wildman–Crippen MR) is 180 cm³/mol. The maximum Gasteiger partial charge on any atom is 0.387 e. The molecule has 0 N–H and O–H groups in total. The predicted octanol–water partition coefficient (Wildman–Crippen LogP) is 6.85. The Balaban J connectivity index is 1.44. The number of likely N-dealkylation sites (N-methyl/N-ethyl adjacent to an activating group) is 1. The van der Waals surface area contributed by atoms with Crippen LogP contribution in [0.5, 0.6) is 11.5 Å². The van der Waals surface area contributed by atoms with Gasteiger partial charge in [-0.25, -0.2) is 0 Å². The summed E-state index contributed by atoms with van der Waals surface area (Å²) in [5.41, 5.74) is 2.16. The quantitative estimate of drug-likeness (QED) is 0.120. The van der Waals surface area contributed by atoms with Crippen molar-refractivity contribution in [1.29, 1.82) is 0 Å². The molecule has 5 rings (SSSR count). The number of nitrogens with zero attached hydrogens (tertiary/aromatic N) is 3. The zero-order valence-corrected chi connectivity index (χ0v) is 28.2. The van der Waals surface area contributed by atoms with Crippen LogP contribution in [0.15, 0.2) is 70.8 Å². The summed E-state index contributed by atoms with van der Waals surface area (Å²) in [7, 11) is 2.04. The number of carbonyl (C=O) groups excluding carboxylic acids is 3. The third kappa shape index (κ3) is 8.37. The largest absolute Gasteiger partial charge is 0.489 e. The molecule has 2 heterocycles. The minimum atomic E-state index is -3.08. The number of alkyl halides is 2. The average molecular weight is 705 g/mol. The molecule has 1 saturated heterocycles. The Labute approximate surface area is 288 Å². The SMILES string of the molecule is C=C/C(Cl)=C(C[C@H](OC(=O)CN1C(=O)C(=O)c2ccc(N3CCN(C)CC3)cc21)c1ccc(OC(F)F)c(OCC2CC2)c1)\C(Cl)=C/C. The molecular formula is C35H37Cl2F2N3O6. The monoisotopic (exact) mass is 703 g/mol. The average Bonchev–Trinajstić information content (AvgIpc) is 3.88. The molecule has 2 aliphatic heterocycles. The minimum Gasteiger partial charge on any atom is -0.489 e. The van der Waals surface area contributed by atoms with E-state index < -0.39 is 36.9 Å². The number of benzene rings is 2. The van der Waals surface area contributed by atoms with E-state index in [-0.39, 0.29) is 33.5 Å². The van der Waals surface area contributed by atoms with Crippen molar-refractivity contribution in [3.63, 3.8) is 0 Å². The molecule has 256 valence electrons. The lowest BCUT2D eigenvalue weighted by atomic mass is 9.99. The summed E-state index contributed by atoms with van der Waals surface area (Å²) in [6.45, 7) is 5.36. The van der Waals surface area contributed by atoms with Gasteiger partial charge in [0.15, 0.2) is 11.5 Å².